The van der Waals surface area contributed by atoms with E-state index in [1.807, 2.05) is 63.6 Å². The zero-order chi connectivity index (χ0) is 19.1. The van der Waals surface area contributed by atoms with E-state index >= 15 is 0 Å². The van der Waals surface area contributed by atoms with Crippen molar-refractivity contribution in [3.05, 3.63) is 60.2 Å². The van der Waals surface area contributed by atoms with Crippen LogP contribution in [-0.2, 0) is 7.05 Å². The van der Waals surface area contributed by atoms with Crippen molar-refractivity contribution in [2.75, 3.05) is 13.1 Å². The van der Waals surface area contributed by atoms with Crippen molar-refractivity contribution in [2.45, 2.75) is 18.8 Å². The zero-order valence-corrected chi connectivity index (χ0v) is 15.6. The molecule has 0 radical (unpaired) electrons. The molecule has 8 heteroatoms. The Hall–Kier alpha value is -3.42. The van der Waals surface area contributed by atoms with Gasteiger partial charge in [-0.3, -0.25) is 14.3 Å². The number of pyridine rings is 1. The van der Waals surface area contributed by atoms with Crippen molar-refractivity contribution in [3.8, 4) is 11.5 Å². The average molecular weight is 375 g/mol. The fourth-order valence-corrected chi connectivity index (χ4v) is 3.96. The number of piperidine rings is 1. The Morgan fingerprint density at radius 3 is 2.71 bits per heavy atom. The first-order valence-corrected chi connectivity index (χ1v) is 9.46. The number of hydrogen-bond donors (Lipinski definition) is 1. The molecule has 1 aliphatic heterocycles. The summed E-state index contributed by atoms with van der Waals surface area (Å²) in [6.07, 6.45) is 7.48. The summed E-state index contributed by atoms with van der Waals surface area (Å²) in [6, 6.07) is 9.67. The van der Waals surface area contributed by atoms with E-state index in [4.69, 9.17) is 0 Å². The lowest BCUT2D eigenvalue weighted by Gasteiger charge is -2.31. The molecule has 1 N–H and O–H groups in total. The predicted molar refractivity (Wildman–Crippen MR) is 104 cm³/mol. The van der Waals surface area contributed by atoms with Gasteiger partial charge >= 0.3 is 0 Å². The van der Waals surface area contributed by atoms with Crippen LogP contribution in [0.1, 0.15) is 34.8 Å². The molecule has 4 aromatic rings. The highest BCUT2D eigenvalue weighted by atomic mass is 16.2. The van der Waals surface area contributed by atoms with Gasteiger partial charge in [0.05, 0.1) is 11.3 Å². The smallest absolute Gasteiger partial charge is 0.255 e. The second kappa shape index (κ2) is 6.63. The van der Waals surface area contributed by atoms with E-state index in [-0.39, 0.29) is 5.91 Å². The van der Waals surface area contributed by atoms with E-state index in [2.05, 4.69) is 20.4 Å². The van der Waals surface area contributed by atoms with E-state index in [1.165, 1.54) is 0 Å². The summed E-state index contributed by atoms with van der Waals surface area (Å²) in [5.74, 6) is 1.22. The van der Waals surface area contributed by atoms with Gasteiger partial charge in [-0.1, -0.05) is 0 Å². The number of likely N-dealkylation sites (tertiary alicyclic amines) is 1. The van der Waals surface area contributed by atoms with Crippen LogP contribution in [0.25, 0.3) is 17.2 Å². The summed E-state index contributed by atoms with van der Waals surface area (Å²) in [7, 11) is 1.97. The minimum atomic E-state index is 0.0523. The molecule has 1 amide bonds. The molecular formula is C20H21N7O. The molecule has 1 aliphatic rings. The maximum atomic E-state index is 13.1. The number of carbonyl (C=O) groups is 1. The van der Waals surface area contributed by atoms with Gasteiger partial charge in [0.25, 0.3) is 5.91 Å². The zero-order valence-electron chi connectivity index (χ0n) is 15.6. The highest BCUT2D eigenvalue weighted by molar-refractivity contribution is 5.94. The molecule has 0 unspecified atom stereocenters. The molecule has 4 aromatic heterocycles. The quantitative estimate of drug-likeness (QED) is 0.596. The number of rotatable bonds is 3. The third-order valence-electron chi connectivity index (χ3n) is 5.57. The van der Waals surface area contributed by atoms with Crippen molar-refractivity contribution >= 4 is 11.6 Å². The second-order valence-corrected chi connectivity index (χ2v) is 7.25. The van der Waals surface area contributed by atoms with Crippen LogP contribution in [0.2, 0.25) is 0 Å². The van der Waals surface area contributed by atoms with Gasteiger partial charge in [-0.15, -0.1) is 10.2 Å². The number of amides is 1. The highest BCUT2D eigenvalue weighted by Crippen LogP contribution is 2.27. The fraction of sp³-hybridized carbons (Fsp3) is 0.300. The van der Waals surface area contributed by atoms with Crippen LogP contribution in [0.3, 0.4) is 0 Å². The largest absolute Gasteiger partial charge is 0.348 e. The number of carbonyl (C=O) groups excluding carboxylic acids is 1. The molecule has 0 spiro atoms. The van der Waals surface area contributed by atoms with Crippen molar-refractivity contribution < 1.29 is 4.79 Å². The van der Waals surface area contributed by atoms with Crippen molar-refractivity contribution in [1.82, 2.24) is 34.3 Å². The molecule has 0 atom stereocenters. The summed E-state index contributed by atoms with van der Waals surface area (Å²) in [5, 5.41) is 15.6. The number of nitrogens with one attached hydrogen (secondary N) is 1. The normalized spacial score (nSPS) is 15.4. The number of H-pyrrole nitrogens is 1. The molecule has 142 valence electrons. The van der Waals surface area contributed by atoms with E-state index in [0.29, 0.717) is 11.5 Å². The molecule has 1 saturated heterocycles. The van der Waals surface area contributed by atoms with Gasteiger partial charge in [0, 0.05) is 50.3 Å². The van der Waals surface area contributed by atoms with Crippen molar-refractivity contribution in [2.24, 2.45) is 7.05 Å². The van der Waals surface area contributed by atoms with Crippen LogP contribution in [-0.4, -0.2) is 53.3 Å². The Kier molecular flexibility index (Phi) is 3.96. The SMILES string of the molecule is Cn1cccc1-c1nnc2ccc(C(=O)N3CCC(c4ccn[nH]4)CC3)cn12. The molecule has 5 rings (SSSR count). The van der Waals surface area contributed by atoms with Gasteiger partial charge in [0.1, 0.15) is 0 Å². The Morgan fingerprint density at radius 2 is 2.00 bits per heavy atom. The second-order valence-electron chi connectivity index (χ2n) is 7.25. The number of nitrogens with zero attached hydrogens (tertiary/aromatic N) is 6. The fourth-order valence-electron chi connectivity index (χ4n) is 3.96. The summed E-state index contributed by atoms with van der Waals surface area (Å²) in [6.45, 7) is 1.49. The summed E-state index contributed by atoms with van der Waals surface area (Å²) >= 11 is 0. The lowest BCUT2D eigenvalue weighted by atomic mass is 9.93. The topological polar surface area (TPSA) is 84.1 Å². The maximum Gasteiger partial charge on any atom is 0.255 e. The Labute approximate surface area is 161 Å². The standard InChI is InChI=1S/C20H21N7O/c1-25-10-2-3-17(25)19-24-23-18-5-4-15(13-27(18)19)20(28)26-11-7-14(8-12-26)16-6-9-21-22-16/h2-6,9-10,13-14H,7-8,11-12H2,1H3,(H,21,22). The molecule has 5 heterocycles. The molecule has 0 aliphatic carbocycles. The lowest BCUT2D eigenvalue weighted by molar-refractivity contribution is 0.0711. The Balaban J connectivity index is 1.39. The first-order chi connectivity index (χ1) is 13.7. The van der Waals surface area contributed by atoms with E-state index < -0.39 is 0 Å². The minimum absolute atomic E-state index is 0.0523. The van der Waals surface area contributed by atoms with Crippen LogP contribution in [0.15, 0.2) is 48.9 Å². The number of aryl methyl sites for hydroxylation is 1. The maximum absolute atomic E-state index is 13.1. The number of fused-ring (bicyclic) bond motifs is 1. The van der Waals surface area contributed by atoms with Gasteiger partial charge in [-0.2, -0.15) is 5.10 Å². The van der Waals surface area contributed by atoms with Crippen LogP contribution >= 0.6 is 0 Å². The summed E-state index contributed by atoms with van der Waals surface area (Å²) in [4.78, 5) is 15.0. The molecule has 1 fully saturated rings. The third kappa shape index (κ3) is 2.77. The van der Waals surface area contributed by atoms with Crippen molar-refractivity contribution in [3.63, 3.8) is 0 Å². The monoisotopic (exact) mass is 375 g/mol. The van der Waals surface area contributed by atoms with Gasteiger partial charge < -0.3 is 9.47 Å². The van der Waals surface area contributed by atoms with E-state index in [0.717, 1.165) is 48.8 Å². The Bertz CT molecular complexity index is 1120. The van der Waals surface area contributed by atoms with Gasteiger partial charge in [-0.25, -0.2) is 0 Å². The highest BCUT2D eigenvalue weighted by Gasteiger charge is 2.25. The van der Waals surface area contributed by atoms with Gasteiger partial charge in [-0.05, 0) is 43.2 Å². The van der Waals surface area contributed by atoms with Gasteiger partial charge in [0.2, 0.25) is 0 Å². The predicted octanol–water partition coefficient (Wildman–Crippen LogP) is 2.48. The first kappa shape index (κ1) is 16.7. The number of aromatic nitrogens is 6. The average Bonchev–Trinajstić information content (AvgIpc) is 3.48. The van der Waals surface area contributed by atoms with Crippen molar-refractivity contribution in [1.29, 1.82) is 0 Å². The molecule has 0 aromatic carbocycles. The number of hydrogen-bond acceptors (Lipinski definition) is 4. The van der Waals surface area contributed by atoms with E-state index in [1.54, 1.807) is 6.20 Å². The minimum Gasteiger partial charge on any atom is -0.348 e. The summed E-state index contributed by atoms with van der Waals surface area (Å²) < 4.78 is 3.88. The first-order valence-electron chi connectivity index (χ1n) is 9.46. The van der Waals surface area contributed by atoms with Crippen LogP contribution < -0.4 is 0 Å². The van der Waals surface area contributed by atoms with Crippen LogP contribution in [0.4, 0.5) is 0 Å². The van der Waals surface area contributed by atoms with Crippen LogP contribution in [0.5, 0.6) is 0 Å². The van der Waals surface area contributed by atoms with Crippen LogP contribution in [0, 0.1) is 0 Å². The molecule has 0 bridgehead atoms. The molecule has 8 nitrogen and oxygen atoms in total. The Morgan fingerprint density at radius 1 is 1.14 bits per heavy atom. The summed E-state index contributed by atoms with van der Waals surface area (Å²) in [5.41, 5.74) is 3.50. The number of aromatic amines is 1. The molecular weight excluding hydrogens is 354 g/mol. The third-order valence-corrected chi connectivity index (χ3v) is 5.57. The van der Waals surface area contributed by atoms with E-state index in [9.17, 15) is 4.79 Å². The molecule has 28 heavy (non-hydrogen) atoms. The molecule has 0 saturated carbocycles. The lowest BCUT2D eigenvalue weighted by Crippen LogP contribution is -2.38. The van der Waals surface area contributed by atoms with Gasteiger partial charge in [0.15, 0.2) is 11.5 Å².